The Balaban J connectivity index is 2.01. The molecule has 1 nitrogen and oxygen atoms in total. The number of benzene rings is 2. The van der Waals surface area contributed by atoms with Crippen LogP contribution in [0.25, 0.3) is 6.08 Å². The van der Waals surface area contributed by atoms with Gasteiger partial charge in [-0.2, -0.15) is 0 Å². The molecule has 2 aromatic carbocycles. The summed E-state index contributed by atoms with van der Waals surface area (Å²) < 4.78 is 0. The lowest BCUT2D eigenvalue weighted by Gasteiger charge is -2.07. The van der Waals surface area contributed by atoms with E-state index in [0.29, 0.717) is 4.99 Å². The molecule has 96 valence electrons. The van der Waals surface area contributed by atoms with Gasteiger partial charge in [0.15, 0.2) is 0 Å². The van der Waals surface area contributed by atoms with Crippen molar-refractivity contribution in [3.8, 4) is 0 Å². The Bertz CT molecular complexity index is 600. The number of nitrogens with one attached hydrogen (secondary N) is 1. The van der Waals surface area contributed by atoms with Crippen LogP contribution in [0, 0.1) is 13.8 Å². The monoisotopic (exact) mass is 267 g/mol. The molecule has 19 heavy (non-hydrogen) atoms. The number of hydrogen-bond acceptors (Lipinski definition) is 1. The van der Waals surface area contributed by atoms with Crippen molar-refractivity contribution in [3.05, 3.63) is 71.3 Å². The zero-order valence-corrected chi connectivity index (χ0v) is 12.0. The first-order valence-corrected chi connectivity index (χ1v) is 6.67. The Kier molecular flexibility index (Phi) is 4.48. The maximum atomic E-state index is 5.31. The van der Waals surface area contributed by atoms with Gasteiger partial charge in [0, 0.05) is 5.69 Å². The van der Waals surface area contributed by atoms with Crippen molar-refractivity contribution in [1.29, 1.82) is 0 Å². The zero-order chi connectivity index (χ0) is 13.7. The van der Waals surface area contributed by atoms with E-state index in [1.54, 1.807) is 0 Å². The van der Waals surface area contributed by atoms with Gasteiger partial charge in [0.25, 0.3) is 0 Å². The summed E-state index contributed by atoms with van der Waals surface area (Å²) in [4.78, 5) is 0.715. The molecule has 0 radical (unpaired) electrons. The second kappa shape index (κ2) is 6.30. The molecule has 2 aromatic rings. The molecule has 1 N–H and O–H groups in total. The summed E-state index contributed by atoms with van der Waals surface area (Å²) in [5, 5.41) is 3.22. The van der Waals surface area contributed by atoms with E-state index in [0.717, 1.165) is 11.3 Å². The highest BCUT2D eigenvalue weighted by molar-refractivity contribution is 7.81. The minimum atomic E-state index is 0.715. The van der Waals surface area contributed by atoms with Crippen LogP contribution in [0.4, 0.5) is 5.69 Å². The number of hydrogen-bond donors (Lipinski definition) is 1. The highest BCUT2D eigenvalue weighted by Crippen LogP contribution is 2.14. The summed E-state index contributed by atoms with van der Waals surface area (Å²) >= 11 is 5.31. The number of anilines is 1. The maximum absolute atomic E-state index is 5.31. The van der Waals surface area contributed by atoms with Crippen LogP contribution in [-0.2, 0) is 0 Å². The van der Waals surface area contributed by atoms with Crippen molar-refractivity contribution in [2.24, 2.45) is 0 Å². The van der Waals surface area contributed by atoms with Gasteiger partial charge in [-0.1, -0.05) is 54.7 Å². The normalized spacial score (nSPS) is 10.6. The molecule has 0 unspecified atom stereocenters. The largest absolute Gasteiger partial charge is 0.347 e. The molecule has 0 bridgehead atoms. The molecule has 0 aliphatic rings. The zero-order valence-electron chi connectivity index (χ0n) is 11.2. The topological polar surface area (TPSA) is 12.0 Å². The second-order valence-electron chi connectivity index (χ2n) is 4.53. The Hall–Kier alpha value is -1.93. The Labute approximate surface area is 120 Å². The summed E-state index contributed by atoms with van der Waals surface area (Å²) in [6.45, 7) is 4.20. The molecule has 0 fully saturated rings. The van der Waals surface area contributed by atoms with Gasteiger partial charge in [0.05, 0.1) is 0 Å². The quantitative estimate of drug-likeness (QED) is 0.636. The molecule has 0 heterocycles. The van der Waals surface area contributed by atoms with E-state index in [1.165, 1.54) is 11.1 Å². The predicted octanol–water partition coefficient (Wildman–Crippen LogP) is 4.76. The van der Waals surface area contributed by atoms with Crippen molar-refractivity contribution in [2.75, 3.05) is 5.32 Å². The Morgan fingerprint density at radius 2 is 1.74 bits per heavy atom. The van der Waals surface area contributed by atoms with Gasteiger partial charge >= 0.3 is 0 Å². The van der Waals surface area contributed by atoms with Gasteiger partial charge < -0.3 is 5.32 Å². The third-order valence-corrected chi connectivity index (χ3v) is 3.24. The number of thiocarbonyl (C=S) groups is 1. The van der Waals surface area contributed by atoms with Gasteiger partial charge in [0.1, 0.15) is 4.99 Å². The van der Waals surface area contributed by atoms with Crippen molar-refractivity contribution in [1.82, 2.24) is 0 Å². The van der Waals surface area contributed by atoms with Gasteiger partial charge in [-0.25, -0.2) is 0 Å². The molecule has 0 amide bonds. The lowest BCUT2D eigenvalue weighted by Crippen LogP contribution is -2.05. The van der Waals surface area contributed by atoms with Gasteiger partial charge in [0.2, 0.25) is 0 Å². The predicted molar refractivity (Wildman–Crippen MR) is 87.6 cm³/mol. The fraction of sp³-hybridized carbons (Fsp3) is 0.118. The van der Waals surface area contributed by atoms with E-state index < -0.39 is 0 Å². The van der Waals surface area contributed by atoms with Gasteiger partial charge in [-0.05, 0) is 48.7 Å². The lowest BCUT2D eigenvalue weighted by molar-refractivity contribution is 1.34. The summed E-state index contributed by atoms with van der Waals surface area (Å²) in [5.74, 6) is 0. The Morgan fingerprint density at radius 1 is 1.00 bits per heavy atom. The summed E-state index contributed by atoms with van der Waals surface area (Å²) in [6, 6.07) is 16.4. The van der Waals surface area contributed by atoms with Crippen LogP contribution < -0.4 is 5.32 Å². The lowest BCUT2D eigenvalue weighted by atomic mass is 10.1. The molecule has 2 rings (SSSR count). The van der Waals surface area contributed by atoms with Crippen molar-refractivity contribution in [2.45, 2.75) is 13.8 Å². The standard InChI is InChI=1S/C17H17NS/c1-13-8-10-16(12-14(13)2)18-17(19)11-9-15-6-4-3-5-7-15/h3-12H,1-2H3,(H,18,19). The summed E-state index contributed by atoms with van der Waals surface area (Å²) in [7, 11) is 0. The van der Waals surface area contributed by atoms with Crippen molar-refractivity contribution in [3.63, 3.8) is 0 Å². The summed E-state index contributed by atoms with van der Waals surface area (Å²) in [5.41, 5.74) is 4.73. The third kappa shape index (κ3) is 4.04. The van der Waals surface area contributed by atoms with E-state index >= 15 is 0 Å². The first kappa shape index (κ1) is 13.5. The van der Waals surface area contributed by atoms with Crippen LogP contribution in [0.5, 0.6) is 0 Å². The second-order valence-corrected chi connectivity index (χ2v) is 4.97. The van der Waals surface area contributed by atoms with Crippen LogP contribution in [0.3, 0.4) is 0 Å². The van der Waals surface area contributed by atoms with Crippen LogP contribution in [0.2, 0.25) is 0 Å². The van der Waals surface area contributed by atoms with Crippen LogP contribution >= 0.6 is 12.2 Å². The molecular weight excluding hydrogens is 250 g/mol. The minimum Gasteiger partial charge on any atom is -0.347 e. The fourth-order valence-corrected chi connectivity index (χ4v) is 1.93. The highest BCUT2D eigenvalue weighted by atomic mass is 32.1. The highest BCUT2D eigenvalue weighted by Gasteiger charge is 1.97. The van der Waals surface area contributed by atoms with Gasteiger partial charge in [-0.15, -0.1) is 0 Å². The first-order chi connectivity index (χ1) is 9.15. The third-order valence-electron chi connectivity index (χ3n) is 3.00. The molecule has 0 spiro atoms. The molecular formula is C17H17NS. The van der Waals surface area contributed by atoms with E-state index in [2.05, 4.69) is 43.4 Å². The van der Waals surface area contributed by atoms with Crippen LogP contribution in [0.15, 0.2) is 54.6 Å². The average molecular weight is 267 g/mol. The van der Waals surface area contributed by atoms with Crippen molar-refractivity contribution < 1.29 is 0 Å². The van der Waals surface area contributed by atoms with E-state index in [1.807, 2.05) is 36.4 Å². The van der Waals surface area contributed by atoms with E-state index in [9.17, 15) is 0 Å². The molecule has 0 atom stereocenters. The molecule has 0 aliphatic heterocycles. The summed E-state index contributed by atoms with van der Waals surface area (Å²) in [6.07, 6.45) is 3.93. The van der Waals surface area contributed by atoms with E-state index in [-0.39, 0.29) is 0 Å². The van der Waals surface area contributed by atoms with Crippen molar-refractivity contribution >= 4 is 29.0 Å². The number of aryl methyl sites for hydroxylation is 2. The first-order valence-electron chi connectivity index (χ1n) is 6.26. The molecule has 0 saturated carbocycles. The SMILES string of the molecule is Cc1ccc(NC(=S)C=Cc2ccccc2)cc1C. The molecule has 0 saturated heterocycles. The maximum Gasteiger partial charge on any atom is 0.103 e. The molecule has 2 heteroatoms. The Morgan fingerprint density at radius 3 is 2.42 bits per heavy atom. The van der Waals surface area contributed by atoms with Gasteiger partial charge in [-0.3, -0.25) is 0 Å². The smallest absolute Gasteiger partial charge is 0.103 e. The van der Waals surface area contributed by atoms with Crippen LogP contribution in [-0.4, -0.2) is 4.99 Å². The van der Waals surface area contributed by atoms with E-state index in [4.69, 9.17) is 12.2 Å². The minimum absolute atomic E-state index is 0.715. The molecule has 0 aliphatic carbocycles. The molecule has 0 aromatic heterocycles. The van der Waals surface area contributed by atoms with Crippen LogP contribution in [0.1, 0.15) is 16.7 Å². The average Bonchev–Trinajstić information content (AvgIpc) is 2.42. The fourth-order valence-electron chi connectivity index (χ4n) is 1.74. The number of rotatable bonds is 3.